The summed E-state index contributed by atoms with van der Waals surface area (Å²) in [7, 11) is 1.63. The molecule has 2 N–H and O–H groups in total. The summed E-state index contributed by atoms with van der Waals surface area (Å²) in [5.74, 6) is -1.10. The number of halogens is 1. The summed E-state index contributed by atoms with van der Waals surface area (Å²) < 4.78 is 5.15. The molecule has 0 saturated carbocycles. The highest BCUT2D eigenvalue weighted by atomic mass is 35.5. The second-order valence-electron chi connectivity index (χ2n) is 4.48. The third kappa shape index (κ3) is 2.66. The van der Waals surface area contributed by atoms with E-state index in [4.69, 9.17) is 21.4 Å². The van der Waals surface area contributed by atoms with Gasteiger partial charge in [0.1, 0.15) is 0 Å². The van der Waals surface area contributed by atoms with Crippen molar-refractivity contribution in [1.82, 2.24) is 5.32 Å². The van der Waals surface area contributed by atoms with Crippen molar-refractivity contribution < 1.29 is 14.6 Å². The Bertz CT molecular complexity index is 450. The summed E-state index contributed by atoms with van der Waals surface area (Å²) in [5, 5.41) is 12.9. The summed E-state index contributed by atoms with van der Waals surface area (Å²) >= 11 is 6.23. The van der Waals surface area contributed by atoms with E-state index in [0.29, 0.717) is 24.6 Å². The average molecular weight is 270 g/mol. The zero-order valence-electron chi connectivity index (χ0n) is 10.1. The topological polar surface area (TPSA) is 58.6 Å². The summed E-state index contributed by atoms with van der Waals surface area (Å²) in [5.41, 5.74) is 1.97. The molecule has 1 aromatic rings. The van der Waals surface area contributed by atoms with Gasteiger partial charge in [-0.15, -0.1) is 0 Å². The van der Waals surface area contributed by atoms with Gasteiger partial charge >= 0.3 is 5.97 Å². The molecular weight excluding hydrogens is 254 g/mol. The Balaban J connectivity index is 2.25. The van der Waals surface area contributed by atoms with Crippen LogP contribution < -0.4 is 5.32 Å². The lowest BCUT2D eigenvalue weighted by Crippen LogP contribution is -2.18. The van der Waals surface area contributed by atoms with E-state index in [1.165, 1.54) is 0 Å². The Hall–Kier alpha value is -1.10. The van der Waals surface area contributed by atoms with Gasteiger partial charge in [0.2, 0.25) is 0 Å². The number of nitrogens with one attached hydrogen (secondary N) is 1. The zero-order valence-corrected chi connectivity index (χ0v) is 10.9. The van der Waals surface area contributed by atoms with E-state index in [2.05, 4.69) is 5.32 Å². The van der Waals surface area contributed by atoms with Crippen LogP contribution in [-0.2, 0) is 16.1 Å². The van der Waals surface area contributed by atoms with Gasteiger partial charge in [-0.1, -0.05) is 23.7 Å². The van der Waals surface area contributed by atoms with Crippen molar-refractivity contribution in [2.45, 2.75) is 19.1 Å². The lowest BCUT2D eigenvalue weighted by Gasteiger charge is -2.17. The molecule has 98 valence electrons. The Morgan fingerprint density at radius 1 is 1.61 bits per heavy atom. The van der Waals surface area contributed by atoms with Gasteiger partial charge in [0.15, 0.2) is 0 Å². The predicted octanol–water partition coefficient (Wildman–Crippen LogP) is 2.22. The molecular formula is C13H16ClNO3. The van der Waals surface area contributed by atoms with Crippen molar-refractivity contribution in [2.24, 2.45) is 5.92 Å². The molecule has 2 atom stereocenters. The van der Waals surface area contributed by atoms with Crippen molar-refractivity contribution in [3.63, 3.8) is 0 Å². The SMILES string of the molecule is COCc1cccc(Cl)c1C1CC(C(=O)O)CN1. The normalized spacial score (nSPS) is 23.2. The molecule has 1 aromatic carbocycles. The van der Waals surface area contributed by atoms with Gasteiger partial charge in [-0.05, 0) is 23.6 Å². The number of ether oxygens (including phenoxy) is 1. The average Bonchev–Trinajstić information content (AvgIpc) is 2.79. The fourth-order valence-corrected chi connectivity index (χ4v) is 2.72. The van der Waals surface area contributed by atoms with Crippen LogP contribution in [0.3, 0.4) is 0 Å². The smallest absolute Gasteiger partial charge is 0.307 e. The standard InChI is InChI=1S/C13H16ClNO3/c1-18-7-8-3-2-4-10(14)12(8)11-5-9(6-15-11)13(16)17/h2-4,9,11,15H,5-7H2,1H3,(H,16,17). The van der Waals surface area contributed by atoms with E-state index in [-0.39, 0.29) is 12.0 Å². The van der Waals surface area contributed by atoms with Crippen molar-refractivity contribution in [2.75, 3.05) is 13.7 Å². The maximum atomic E-state index is 11.0. The lowest BCUT2D eigenvalue weighted by molar-refractivity contribution is -0.141. The molecule has 0 aliphatic carbocycles. The van der Waals surface area contributed by atoms with Crippen molar-refractivity contribution in [1.29, 1.82) is 0 Å². The molecule has 1 fully saturated rings. The quantitative estimate of drug-likeness (QED) is 0.880. The molecule has 0 bridgehead atoms. The summed E-state index contributed by atoms with van der Waals surface area (Å²) in [6.07, 6.45) is 0.565. The van der Waals surface area contributed by atoms with Gasteiger partial charge in [-0.25, -0.2) is 0 Å². The summed E-state index contributed by atoms with van der Waals surface area (Å²) in [6.45, 7) is 0.962. The highest BCUT2D eigenvalue weighted by Gasteiger charge is 2.32. The first kappa shape index (κ1) is 13.3. The fourth-order valence-electron chi connectivity index (χ4n) is 2.40. The highest BCUT2D eigenvalue weighted by Crippen LogP contribution is 2.34. The maximum Gasteiger partial charge on any atom is 0.307 e. The number of carbonyl (C=O) groups is 1. The molecule has 5 heteroatoms. The number of methoxy groups -OCH3 is 1. The van der Waals surface area contributed by atoms with Crippen LogP contribution in [0.25, 0.3) is 0 Å². The Morgan fingerprint density at radius 3 is 3.00 bits per heavy atom. The van der Waals surface area contributed by atoms with Crippen LogP contribution in [0, 0.1) is 5.92 Å². The number of carboxylic acid groups (broad SMARTS) is 1. The van der Waals surface area contributed by atoms with Gasteiger partial charge in [0.25, 0.3) is 0 Å². The number of aliphatic carboxylic acids is 1. The van der Waals surface area contributed by atoms with E-state index in [9.17, 15) is 4.79 Å². The number of benzene rings is 1. The molecule has 0 aromatic heterocycles. The van der Waals surface area contributed by atoms with Crippen molar-refractivity contribution in [3.8, 4) is 0 Å². The monoisotopic (exact) mass is 269 g/mol. The van der Waals surface area contributed by atoms with Crippen LogP contribution in [0.4, 0.5) is 0 Å². The van der Waals surface area contributed by atoms with Gasteiger partial charge < -0.3 is 15.2 Å². The summed E-state index contributed by atoms with van der Waals surface area (Å²) in [4.78, 5) is 11.0. The van der Waals surface area contributed by atoms with Gasteiger partial charge in [0.05, 0.1) is 12.5 Å². The molecule has 4 nitrogen and oxygen atoms in total. The Labute approximate surface area is 111 Å². The third-order valence-electron chi connectivity index (χ3n) is 3.27. The minimum absolute atomic E-state index is 0.00931. The molecule has 0 radical (unpaired) electrons. The number of carboxylic acids is 1. The van der Waals surface area contributed by atoms with Crippen LogP contribution in [0.5, 0.6) is 0 Å². The van der Waals surface area contributed by atoms with E-state index in [1.807, 2.05) is 18.2 Å². The van der Waals surface area contributed by atoms with E-state index >= 15 is 0 Å². The third-order valence-corrected chi connectivity index (χ3v) is 3.60. The van der Waals surface area contributed by atoms with Crippen molar-refractivity contribution >= 4 is 17.6 Å². The molecule has 2 unspecified atom stereocenters. The minimum Gasteiger partial charge on any atom is -0.481 e. The van der Waals surface area contributed by atoms with Crippen LogP contribution in [0.15, 0.2) is 18.2 Å². The summed E-state index contributed by atoms with van der Waals surface area (Å²) in [6, 6.07) is 5.65. The second-order valence-corrected chi connectivity index (χ2v) is 4.88. The molecule has 1 saturated heterocycles. The number of hydrogen-bond acceptors (Lipinski definition) is 3. The Kier molecular flexibility index (Phi) is 4.22. The molecule has 0 amide bonds. The predicted molar refractivity (Wildman–Crippen MR) is 68.7 cm³/mol. The van der Waals surface area contributed by atoms with E-state index in [1.54, 1.807) is 7.11 Å². The largest absolute Gasteiger partial charge is 0.481 e. The Morgan fingerprint density at radius 2 is 2.39 bits per heavy atom. The fraction of sp³-hybridized carbons (Fsp3) is 0.462. The van der Waals surface area contributed by atoms with Crippen LogP contribution >= 0.6 is 11.6 Å². The second kappa shape index (κ2) is 5.69. The number of hydrogen-bond donors (Lipinski definition) is 2. The first-order valence-corrected chi connectivity index (χ1v) is 6.23. The van der Waals surface area contributed by atoms with Crippen molar-refractivity contribution in [3.05, 3.63) is 34.3 Å². The molecule has 1 aliphatic rings. The number of rotatable bonds is 4. The maximum absolute atomic E-state index is 11.0. The zero-order chi connectivity index (χ0) is 13.1. The molecule has 1 heterocycles. The van der Waals surface area contributed by atoms with Gasteiger partial charge in [-0.3, -0.25) is 4.79 Å². The van der Waals surface area contributed by atoms with Crippen LogP contribution in [0.2, 0.25) is 5.02 Å². The lowest BCUT2D eigenvalue weighted by atomic mass is 9.96. The van der Waals surface area contributed by atoms with Crippen LogP contribution in [-0.4, -0.2) is 24.7 Å². The molecule has 1 aliphatic heterocycles. The van der Waals surface area contributed by atoms with E-state index in [0.717, 1.165) is 11.1 Å². The van der Waals surface area contributed by atoms with Gasteiger partial charge in [0, 0.05) is 24.7 Å². The van der Waals surface area contributed by atoms with E-state index < -0.39 is 5.97 Å². The molecule has 2 rings (SSSR count). The first-order chi connectivity index (χ1) is 8.63. The first-order valence-electron chi connectivity index (χ1n) is 5.86. The van der Waals surface area contributed by atoms with Gasteiger partial charge in [-0.2, -0.15) is 0 Å². The van der Waals surface area contributed by atoms with Crippen LogP contribution in [0.1, 0.15) is 23.6 Å². The molecule has 18 heavy (non-hydrogen) atoms. The highest BCUT2D eigenvalue weighted by molar-refractivity contribution is 6.31. The minimum atomic E-state index is -0.759. The molecule has 0 spiro atoms.